The molecule has 0 aliphatic rings. The van der Waals surface area contributed by atoms with Crippen molar-refractivity contribution in [3.63, 3.8) is 0 Å². The summed E-state index contributed by atoms with van der Waals surface area (Å²) in [6.45, 7) is 3.03. The lowest BCUT2D eigenvalue weighted by atomic mass is 10.1. The van der Waals surface area contributed by atoms with Crippen molar-refractivity contribution < 1.29 is 22.7 Å². The second-order valence-electron chi connectivity index (χ2n) is 9.16. The van der Waals surface area contributed by atoms with Crippen molar-refractivity contribution in [2.75, 3.05) is 23.3 Å². The van der Waals surface area contributed by atoms with Gasteiger partial charge in [-0.05, 0) is 67.9 Å². The van der Waals surface area contributed by atoms with Gasteiger partial charge in [0.05, 0.1) is 23.4 Å². The molecule has 0 aliphatic carbocycles. The molecule has 41 heavy (non-hydrogen) atoms. The van der Waals surface area contributed by atoms with Crippen molar-refractivity contribution in [1.29, 1.82) is 0 Å². The van der Waals surface area contributed by atoms with Gasteiger partial charge in [-0.25, -0.2) is 13.8 Å². The number of anilines is 2. The molecule has 0 aliphatic heterocycles. The molecule has 0 aromatic heterocycles. The van der Waals surface area contributed by atoms with Crippen LogP contribution in [-0.2, 0) is 14.8 Å². The highest BCUT2D eigenvalue weighted by atomic mass is 32.2. The summed E-state index contributed by atoms with van der Waals surface area (Å²) in [4.78, 5) is 25.6. The predicted octanol–water partition coefficient (Wildman–Crippen LogP) is 4.99. The highest BCUT2D eigenvalue weighted by Gasteiger charge is 2.27. The van der Waals surface area contributed by atoms with E-state index in [9.17, 15) is 18.0 Å². The predicted molar refractivity (Wildman–Crippen MR) is 160 cm³/mol. The molecule has 0 spiro atoms. The first-order valence-corrected chi connectivity index (χ1v) is 14.1. The summed E-state index contributed by atoms with van der Waals surface area (Å²) in [5.41, 5.74) is 5.83. The van der Waals surface area contributed by atoms with Gasteiger partial charge in [0.15, 0.2) is 0 Å². The molecule has 0 atom stereocenters. The van der Waals surface area contributed by atoms with E-state index in [0.29, 0.717) is 28.3 Å². The Balaban J connectivity index is 1.52. The number of rotatable bonds is 10. The quantitative estimate of drug-likeness (QED) is 0.206. The summed E-state index contributed by atoms with van der Waals surface area (Å²) < 4.78 is 33.5. The van der Waals surface area contributed by atoms with Crippen molar-refractivity contribution in [3.8, 4) is 5.75 Å². The van der Waals surface area contributed by atoms with Gasteiger partial charge >= 0.3 is 0 Å². The van der Waals surface area contributed by atoms with E-state index in [-0.39, 0.29) is 16.5 Å². The number of amides is 2. The summed E-state index contributed by atoms with van der Waals surface area (Å²) in [6.07, 6.45) is 0. The van der Waals surface area contributed by atoms with Gasteiger partial charge in [0, 0.05) is 17.3 Å². The molecule has 0 saturated heterocycles. The van der Waals surface area contributed by atoms with Gasteiger partial charge in [0.2, 0.25) is 0 Å². The third-order valence-electron chi connectivity index (χ3n) is 6.16. The van der Waals surface area contributed by atoms with Gasteiger partial charge < -0.3 is 10.1 Å². The molecule has 2 amide bonds. The van der Waals surface area contributed by atoms with Crippen LogP contribution in [0.2, 0.25) is 0 Å². The molecule has 9 nitrogen and oxygen atoms in total. The van der Waals surface area contributed by atoms with Crippen LogP contribution in [0.15, 0.2) is 113 Å². The summed E-state index contributed by atoms with van der Waals surface area (Å²) in [6, 6.07) is 28.7. The smallest absolute Gasteiger partial charge is 0.264 e. The molecular formula is C31H30N4O5S. The Morgan fingerprint density at radius 2 is 1.54 bits per heavy atom. The van der Waals surface area contributed by atoms with Gasteiger partial charge in [-0.3, -0.25) is 13.9 Å². The van der Waals surface area contributed by atoms with Crippen LogP contribution in [0.1, 0.15) is 28.4 Å². The van der Waals surface area contributed by atoms with Gasteiger partial charge in [-0.15, -0.1) is 0 Å². The normalized spacial score (nSPS) is 11.4. The summed E-state index contributed by atoms with van der Waals surface area (Å²) in [5, 5.41) is 7.02. The Bertz CT molecular complexity index is 1670. The lowest BCUT2D eigenvalue weighted by Crippen LogP contribution is -2.39. The van der Waals surface area contributed by atoms with E-state index in [1.54, 1.807) is 91.9 Å². The van der Waals surface area contributed by atoms with Crippen molar-refractivity contribution in [3.05, 3.63) is 120 Å². The van der Waals surface area contributed by atoms with E-state index in [2.05, 4.69) is 15.8 Å². The number of carbonyl (C=O) groups excluding carboxylic acids is 2. The Morgan fingerprint density at radius 1 is 0.854 bits per heavy atom. The molecule has 10 heteroatoms. The van der Waals surface area contributed by atoms with Crippen molar-refractivity contribution in [1.82, 2.24) is 5.43 Å². The second kappa shape index (κ2) is 12.9. The van der Waals surface area contributed by atoms with Crippen molar-refractivity contribution in [2.45, 2.75) is 18.7 Å². The minimum atomic E-state index is -4.09. The molecule has 0 radical (unpaired) electrons. The average molecular weight is 571 g/mol. The number of nitrogens with zero attached hydrogens (tertiary/aromatic N) is 2. The third-order valence-corrected chi connectivity index (χ3v) is 7.95. The maximum absolute atomic E-state index is 13.6. The SMILES string of the molecule is COc1cccc(N(CC(=O)N/N=C(\C)c2cccc(NC(=O)c3ccccc3)c2)S(=O)(=O)c2ccc(C)cc2)c1. The maximum Gasteiger partial charge on any atom is 0.264 e. The van der Waals surface area contributed by atoms with E-state index < -0.39 is 22.5 Å². The zero-order valence-corrected chi connectivity index (χ0v) is 23.7. The Labute approximate surface area is 239 Å². The standard InChI is InChI=1S/C31H30N4O5S/c1-22-15-17-29(18-16-22)41(38,39)35(27-13-8-14-28(20-27)40-3)21-30(36)34-33-23(2)25-11-7-12-26(19-25)32-31(37)24-9-5-4-6-10-24/h4-20H,21H2,1-3H3,(H,32,37)(H,34,36)/b33-23+. The highest BCUT2D eigenvalue weighted by Crippen LogP contribution is 2.27. The number of hydrogen-bond acceptors (Lipinski definition) is 6. The lowest BCUT2D eigenvalue weighted by Gasteiger charge is -2.24. The number of sulfonamides is 1. The number of hydrazone groups is 1. The Morgan fingerprint density at radius 3 is 2.24 bits per heavy atom. The molecule has 0 heterocycles. The number of benzene rings is 4. The van der Waals surface area contributed by atoms with Crippen LogP contribution in [0.4, 0.5) is 11.4 Å². The molecule has 0 saturated carbocycles. The van der Waals surface area contributed by atoms with E-state index >= 15 is 0 Å². The number of aryl methyl sites for hydroxylation is 1. The maximum atomic E-state index is 13.6. The number of hydrogen-bond donors (Lipinski definition) is 2. The number of nitrogens with one attached hydrogen (secondary N) is 2. The number of methoxy groups -OCH3 is 1. The first-order valence-electron chi connectivity index (χ1n) is 12.7. The van der Waals surface area contributed by atoms with Gasteiger partial charge in [0.25, 0.3) is 21.8 Å². The largest absolute Gasteiger partial charge is 0.497 e. The Kier molecular flexibility index (Phi) is 9.15. The fraction of sp³-hybridized carbons (Fsp3) is 0.129. The first-order chi connectivity index (χ1) is 19.7. The van der Waals surface area contributed by atoms with Gasteiger partial charge in [-0.2, -0.15) is 5.10 Å². The molecular weight excluding hydrogens is 540 g/mol. The van der Waals surface area contributed by atoms with Crippen LogP contribution in [0.25, 0.3) is 0 Å². The average Bonchev–Trinajstić information content (AvgIpc) is 2.99. The van der Waals surface area contributed by atoms with Crippen molar-refractivity contribution in [2.24, 2.45) is 5.10 Å². The van der Waals surface area contributed by atoms with Crippen LogP contribution < -0.4 is 19.8 Å². The minimum Gasteiger partial charge on any atom is -0.497 e. The second-order valence-corrected chi connectivity index (χ2v) is 11.0. The summed E-state index contributed by atoms with van der Waals surface area (Å²) >= 11 is 0. The molecule has 4 rings (SSSR count). The molecule has 0 fully saturated rings. The third kappa shape index (κ3) is 7.37. The fourth-order valence-electron chi connectivity index (χ4n) is 3.91. The van der Waals surface area contributed by atoms with Crippen LogP contribution in [0.3, 0.4) is 0 Å². The molecule has 210 valence electrons. The van der Waals surface area contributed by atoms with Crippen molar-refractivity contribution >= 4 is 38.9 Å². The molecule has 2 N–H and O–H groups in total. The van der Waals surface area contributed by atoms with Crippen LogP contribution >= 0.6 is 0 Å². The number of carbonyl (C=O) groups is 2. The number of ether oxygens (including phenoxy) is 1. The summed E-state index contributed by atoms with van der Waals surface area (Å²) in [7, 11) is -2.62. The van der Waals surface area contributed by atoms with Crippen LogP contribution in [0.5, 0.6) is 5.75 Å². The lowest BCUT2D eigenvalue weighted by molar-refractivity contribution is -0.119. The minimum absolute atomic E-state index is 0.0489. The van der Waals surface area contributed by atoms with E-state index in [1.807, 2.05) is 13.0 Å². The fourth-order valence-corrected chi connectivity index (χ4v) is 5.32. The topological polar surface area (TPSA) is 117 Å². The van der Waals surface area contributed by atoms with Crippen LogP contribution in [-0.4, -0.2) is 39.6 Å². The molecule has 4 aromatic rings. The summed E-state index contributed by atoms with van der Waals surface area (Å²) in [5.74, 6) is -0.449. The van der Waals surface area contributed by atoms with E-state index in [1.165, 1.54) is 19.2 Å². The highest BCUT2D eigenvalue weighted by molar-refractivity contribution is 7.92. The molecule has 0 bridgehead atoms. The van der Waals surface area contributed by atoms with Gasteiger partial charge in [-0.1, -0.05) is 54.1 Å². The van der Waals surface area contributed by atoms with E-state index in [0.717, 1.165) is 9.87 Å². The Hall–Kier alpha value is -4.96. The zero-order valence-electron chi connectivity index (χ0n) is 22.9. The molecule has 4 aromatic carbocycles. The van der Waals surface area contributed by atoms with Crippen LogP contribution in [0, 0.1) is 6.92 Å². The zero-order chi connectivity index (χ0) is 29.4. The first kappa shape index (κ1) is 29.0. The van der Waals surface area contributed by atoms with Gasteiger partial charge in [0.1, 0.15) is 12.3 Å². The molecule has 0 unspecified atom stereocenters. The monoisotopic (exact) mass is 570 g/mol. The van der Waals surface area contributed by atoms with E-state index in [4.69, 9.17) is 4.74 Å².